The molecule has 2 aliphatic rings. The Hall–Kier alpha value is -1.17. The van der Waals surface area contributed by atoms with Crippen LogP contribution in [0.5, 0.6) is 0 Å². The normalized spacial score (nSPS) is 32.9. The zero-order valence-corrected chi connectivity index (χ0v) is 12.5. The number of thioether (sulfide) groups is 1. The number of carbonyl (C=O) groups excluding carboxylic acids is 1. The van der Waals surface area contributed by atoms with Gasteiger partial charge in [-0.3, -0.25) is 4.79 Å². The monoisotopic (exact) mass is 298 g/mol. The van der Waals surface area contributed by atoms with Crippen LogP contribution in [0.3, 0.4) is 0 Å². The summed E-state index contributed by atoms with van der Waals surface area (Å²) in [7, 11) is 0. The van der Waals surface area contributed by atoms with Crippen molar-refractivity contribution in [3.05, 3.63) is 12.2 Å². The number of hydrogen-bond donors (Lipinski definition) is 3. The minimum atomic E-state index is -0.832. The first-order valence-electron chi connectivity index (χ1n) is 7.09. The smallest absolute Gasteiger partial charge is 0.315 e. The predicted octanol–water partition coefficient (Wildman–Crippen LogP) is 1.99. The summed E-state index contributed by atoms with van der Waals surface area (Å²) in [6.07, 6.45) is 10.3. The summed E-state index contributed by atoms with van der Waals surface area (Å²) in [5.41, 5.74) is 0. The minimum absolute atomic E-state index is 0.168. The van der Waals surface area contributed by atoms with E-state index in [0.29, 0.717) is 6.42 Å². The number of urea groups is 1. The summed E-state index contributed by atoms with van der Waals surface area (Å²) in [6.45, 7) is 0. The van der Waals surface area contributed by atoms with Crippen LogP contribution in [0.2, 0.25) is 0 Å². The first-order chi connectivity index (χ1) is 9.58. The molecule has 1 saturated carbocycles. The van der Waals surface area contributed by atoms with E-state index < -0.39 is 11.9 Å². The number of hydrogen-bond acceptors (Lipinski definition) is 3. The molecule has 2 amide bonds. The Morgan fingerprint density at radius 1 is 1.15 bits per heavy atom. The third-order valence-corrected chi connectivity index (χ3v) is 5.20. The summed E-state index contributed by atoms with van der Waals surface area (Å²) >= 11 is 1.90. The third-order valence-electron chi connectivity index (χ3n) is 4.06. The predicted molar refractivity (Wildman–Crippen MR) is 79.9 cm³/mol. The van der Waals surface area contributed by atoms with Crippen LogP contribution in [-0.4, -0.2) is 40.7 Å². The van der Waals surface area contributed by atoms with Crippen molar-refractivity contribution < 1.29 is 14.7 Å². The number of carboxylic acids is 1. The number of carbonyl (C=O) groups is 2. The van der Waals surface area contributed by atoms with Crippen LogP contribution < -0.4 is 10.6 Å². The second-order valence-electron chi connectivity index (χ2n) is 5.50. The van der Waals surface area contributed by atoms with Crippen LogP contribution in [0.15, 0.2) is 12.2 Å². The molecule has 112 valence electrons. The molecule has 2 atom stereocenters. The minimum Gasteiger partial charge on any atom is -0.481 e. The number of aliphatic carboxylic acids is 1. The number of nitrogens with one attached hydrogen (secondary N) is 2. The van der Waals surface area contributed by atoms with Gasteiger partial charge in [0, 0.05) is 11.3 Å². The van der Waals surface area contributed by atoms with E-state index in [-0.39, 0.29) is 18.1 Å². The molecule has 2 rings (SSSR count). The first kappa shape index (κ1) is 15.2. The van der Waals surface area contributed by atoms with Gasteiger partial charge in [-0.1, -0.05) is 12.2 Å². The van der Waals surface area contributed by atoms with E-state index >= 15 is 0 Å². The maximum Gasteiger partial charge on any atom is 0.315 e. The van der Waals surface area contributed by atoms with Gasteiger partial charge in [-0.15, -0.1) is 0 Å². The van der Waals surface area contributed by atoms with Crippen molar-refractivity contribution >= 4 is 23.8 Å². The fourth-order valence-corrected chi connectivity index (χ4v) is 3.57. The largest absolute Gasteiger partial charge is 0.481 e. The van der Waals surface area contributed by atoms with Crippen LogP contribution in [0, 0.1) is 5.92 Å². The number of amides is 2. The van der Waals surface area contributed by atoms with Crippen molar-refractivity contribution in [3.8, 4) is 0 Å². The third kappa shape index (κ3) is 4.16. The van der Waals surface area contributed by atoms with E-state index in [1.807, 2.05) is 11.8 Å². The van der Waals surface area contributed by atoms with E-state index in [1.165, 1.54) is 0 Å². The molecule has 0 spiro atoms. The average Bonchev–Trinajstić information content (AvgIpc) is 2.88. The lowest BCUT2D eigenvalue weighted by atomic mass is 9.95. The molecule has 0 aromatic heterocycles. The van der Waals surface area contributed by atoms with Crippen LogP contribution in [-0.2, 0) is 4.79 Å². The van der Waals surface area contributed by atoms with Crippen LogP contribution in [0.25, 0.3) is 0 Å². The molecular weight excluding hydrogens is 276 g/mol. The number of rotatable bonds is 4. The molecule has 3 N–H and O–H groups in total. The van der Waals surface area contributed by atoms with Gasteiger partial charge in [-0.2, -0.15) is 11.8 Å². The Morgan fingerprint density at radius 2 is 1.85 bits per heavy atom. The van der Waals surface area contributed by atoms with Gasteiger partial charge in [-0.25, -0.2) is 4.79 Å². The van der Waals surface area contributed by atoms with Crippen molar-refractivity contribution in [3.63, 3.8) is 0 Å². The molecule has 0 radical (unpaired) electrons. The molecule has 2 unspecified atom stereocenters. The van der Waals surface area contributed by atoms with Crippen LogP contribution in [0.1, 0.15) is 32.1 Å². The highest BCUT2D eigenvalue weighted by molar-refractivity contribution is 7.99. The van der Waals surface area contributed by atoms with Crippen molar-refractivity contribution in [2.75, 3.05) is 6.26 Å². The molecule has 0 saturated heterocycles. The number of carboxylic acid groups (broad SMARTS) is 1. The Labute approximate surface area is 123 Å². The average molecular weight is 298 g/mol. The lowest BCUT2D eigenvalue weighted by Crippen LogP contribution is -2.46. The summed E-state index contributed by atoms with van der Waals surface area (Å²) in [4.78, 5) is 22.7. The standard InChI is InChI=1S/C14H22N2O3S/c1-20-12-6-4-10(5-7-12)15-14(19)16-11-3-2-9(8-11)13(17)18/h2-3,9-12H,4-8H2,1H3,(H,17,18)(H2,15,16,19). The molecule has 0 aromatic carbocycles. The molecule has 2 aliphatic carbocycles. The molecule has 0 aromatic rings. The van der Waals surface area contributed by atoms with Crippen molar-refractivity contribution in [2.45, 2.75) is 49.4 Å². The van der Waals surface area contributed by atoms with E-state index in [4.69, 9.17) is 5.11 Å². The molecular formula is C14H22N2O3S. The topological polar surface area (TPSA) is 78.4 Å². The molecule has 1 fully saturated rings. The van der Waals surface area contributed by atoms with Crippen molar-refractivity contribution in [2.24, 2.45) is 5.92 Å². The van der Waals surface area contributed by atoms with Crippen molar-refractivity contribution in [1.29, 1.82) is 0 Å². The highest BCUT2D eigenvalue weighted by atomic mass is 32.2. The molecule has 0 aliphatic heterocycles. The van der Waals surface area contributed by atoms with Gasteiger partial charge < -0.3 is 15.7 Å². The van der Waals surface area contributed by atoms with Gasteiger partial charge in [0.15, 0.2) is 0 Å². The summed E-state index contributed by atoms with van der Waals surface area (Å²) in [6, 6.07) is -0.101. The zero-order valence-electron chi connectivity index (χ0n) is 11.7. The lowest BCUT2D eigenvalue weighted by Gasteiger charge is -2.28. The SMILES string of the molecule is CSC1CCC(NC(=O)NC2C=CC(C(=O)O)C2)CC1. The Kier molecular flexibility index (Phi) is 5.34. The highest BCUT2D eigenvalue weighted by Crippen LogP contribution is 2.26. The van der Waals surface area contributed by atoms with Crippen molar-refractivity contribution in [1.82, 2.24) is 10.6 Å². The fraction of sp³-hybridized carbons (Fsp3) is 0.714. The second kappa shape index (κ2) is 7.02. The van der Waals surface area contributed by atoms with Gasteiger partial charge >= 0.3 is 12.0 Å². The maximum atomic E-state index is 11.9. The van der Waals surface area contributed by atoms with Gasteiger partial charge in [0.05, 0.1) is 12.0 Å². The molecule has 0 bridgehead atoms. The van der Waals surface area contributed by atoms with Crippen LogP contribution in [0.4, 0.5) is 4.79 Å². The Bertz CT molecular complexity index is 392. The molecule has 20 heavy (non-hydrogen) atoms. The van der Waals surface area contributed by atoms with E-state index in [2.05, 4.69) is 16.9 Å². The van der Waals surface area contributed by atoms with Gasteiger partial charge in [0.2, 0.25) is 0 Å². The van der Waals surface area contributed by atoms with E-state index in [1.54, 1.807) is 12.2 Å². The second-order valence-corrected chi connectivity index (χ2v) is 6.64. The van der Waals surface area contributed by atoms with E-state index in [9.17, 15) is 9.59 Å². The molecule has 5 nitrogen and oxygen atoms in total. The quantitative estimate of drug-likeness (QED) is 0.694. The maximum absolute atomic E-state index is 11.9. The molecule has 6 heteroatoms. The van der Waals surface area contributed by atoms with Gasteiger partial charge in [-0.05, 0) is 38.4 Å². The van der Waals surface area contributed by atoms with E-state index in [0.717, 1.165) is 30.9 Å². The lowest BCUT2D eigenvalue weighted by molar-refractivity contribution is -0.140. The summed E-state index contributed by atoms with van der Waals surface area (Å²) < 4.78 is 0. The van der Waals surface area contributed by atoms with Gasteiger partial charge in [0.25, 0.3) is 0 Å². The van der Waals surface area contributed by atoms with Crippen LogP contribution >= 0.6 is 11.8 Å². The Balaban J connectivity index is 1.69. The Morgan fingerprint density at radius 3 is 2.40 bits per heavy atom. The fourth-order valence-electron chi connectivity index (χ4n) is 2.83. The molecule has 0 heterocycles. The summed E-state index contributed by atoms with van der Waals surface area (Å²) in [5, 5.41) is 15.4. The highest BCUT2D eigenvalue weighted by Gasteiger charge is 2.26. The first-order valence-corrected chi connectivity index (χ1v) is 8.38. The van der Waals surface area contributed by atoms with Gasteiger partial charge in [0.1, 0.15) is 0 Å². The summed E-state index contributed by atoms with van der Waals surface area (Å²) in [5.74, 6) is -1.31. The zero-order chi connectivity index (χ0) is 14.5.